The van der Waals surface area contributed by atoms with Gasteiger partial charge in [-0.3, -0.25) is 14.2 Å². The van der Waals surface area contributed by atoms with Crippen molar-refractivity contribution in [1.82, 2.24) is 29.9 Å². The summed E-state index contributed by atoms with van der Waals surface area (Å²) in [6, 6.07) is 16.4. The normalized spacial score (nSPS) is 10.7. The van der Waals surface area contributed by atoms with Crippen LogP contribution in [-0.4, -0.2) is 37.0 Å². The Morgan fingerprint density at radius 1 is 1.07 bits per heavy atom. The van der Waals surface area contributed by atoms with Gasteiger partial charge in [-0.2, -0.15) is 9.90 Å². The maximum atomic E-state index is 13.0. The SMILES string of the molecule is O=C(NCCn1cnc(-c2ccc(F)cc2)cc1=O)c1cnn(-c2ccccc2)n1. The van der Waals surface area contributed by atoms with Gasteiger partial charge in [-0.15, -0.1) is 5.10 Å². The van der Waals surface area contributed by atoms with Crippen LogP contribution in [0.1, 0.15) is 10.5 Å². The second kappa shape index (κ2) is 8.48. The Morgan fingerprint density at radius 2 is 1.83 bits per heavy atom. The predicted octanol–water partition coefficient (Wildman–Crippen LogP) is 2.06. The molecule has 0 spiro atoms. The number of halogens is 1. The number of rotatable bonds is 6. The molecule has 0 aliphatic rings. The van der Waals surface area contributed by atoms with Gasteiger partial charge in [0, 0.05) is 24.7 Å². The van der Waals surface area contributed by atoms with Crippen LogP contribution in [0.5, 0.6) is 0 Å². The first-order valence-corrected chi connectivity index (χ1v) is 9.18. The van der Waals surface area contributed by atoms with Crippen molar-refractivity contribution in [2.75, 3.05) is 6.54 Å². The molecule has 0 bridgehead atoms. The van der Waals surface area contributed by atoms with Crippen molar-refractivity contribution in [2.45, 2.75) is 6.54 Å². The molecule has 0 radical (unpaired) electrons. The molecule has 1 amide bonds. The van der Waals surface area contributed by atoms with Gasteiger partial charge in [-0.05, 0) is 36.4 Å². The Kier molecular flexibility index (Phi) is 5.42. The molecule has 4 aromatic rings. The molecule has 2 heterocycles. The highest BCUT2D eigenvalue weighted by molar-refractivity contribution is 5.91. The molecule has 9 heteroatoms. The quantitative estimate of drug-likeness (QED) is 0.531. The Bertz CT molecular complexity index is 1220. The molecule has 0 aliphatic heterocycles. The summed E-state index contributed by atoms with van der Waals surface area (Å²) in [6.45, 7) is 0.461. The highest BCUT2D eigenvalue weighted by atomic mass is 19.1. The number of hydrogen-bond acceptors (Lipinski definition) is 5. The average Bonchev–Trinajstić information content (AvgIpc) is 3.26. The highest BCUT2D eigenvalue weighted by Gasteiger charge is 2.11. The first-order chi connectivity index (χ1) is 14.6. The van der Waals surface area contributed by atoms with Crippen LogP contribution < -0.4 is 10.9 Å². The van der Waals surface area contributed by atoms with E-state index >= 15 is 0 Å². The van der Waals surface area contributed by atoms with E-state index in [-0.39, 0.29) is 36.1 Å². The van der Waals surface area contributed by atoms with Gasteiger partial charge < -0.3 is 5.32 Å². The summed E-state index contributed by atoms with van der Waals surface area (Å²) in [5.74, 6) is -0.743. The second-order valence-corrected chi connectivity index (χ2v) is 6.42. The molecule has 30 heavy (non-hydrogen) atoms. The van der Waals surface area contributed by atoms with Crippen LogP contribution in [0.4, 0.5) is 4.39 Å². The van der Waals surface area contributed by atoms with Crippen LogP contribution in [0.15, 0.2) is 78.0 Å². The van der Waals surface area contributed by atoms with Gasteiger partial charge in [-0.1, -0.05) is 18.2 Å². The minimum atomic E-state index is -0.388. The number of nitrogens with zero attached hydrogens (tertiary/aromatic N) is 5. The third kappa shape index (κ3) is 4.30. The van der Waals surface area contributed by atoms with Crippen LogP contribution in [0.25, 0.3) is 16.9 Å². The lowest BCUT2D eigenvalue weighted by Gasteiger charge is -2.07. The fourth-order valence-corrected chi connectivity index (χ4v) is 2.81. The summed E-state index contributed by atoms with van der Waals surface area (Å²) in [5, 5.41) is 11.0. The highest BCUT2D eigenvalue weighted by Crippen LogP contribution is 2.14. The summed E-state index contributed by atoms with van der Waals surface area (Å²) in [4.78, 5) is 30.2. The molecule has 0 atom stereocenters. The molecule has 2 aromatic carbocycles. The summed E-state index contributed by atoms with van der Waals surface area (Å²) in [5.41, 5.74) is 1.76. The van der Waals surface area contributed by atoms with E-state index in [2.05, 4.69) is 20.5 Å². The molecule has 0 saturated heterocycles. The van der Waals surface area contributed by atoms with E-state index in [0.29, 0.717) is 11.3 Å². The maximum absolute atomic E-state index is 13.0. The van der Waals surface area contributed by atoms with Gasteiger partial charge in [0.25, 0.3) is 11.5 Å². The van der Waals surface area contributed by atoms with Gasteiger partial charge in [-0.25, -0.2) is 9.37 Å². The van der Waals surface area contributed by atoms with Crippen LogP contribution in [0, 0.1) is 5.82 Å². The van der Waals surface area contributed by atoms with Gasteiger partial charge in [0.2, 0.25) is 0 Å². The molecule has 0 fully saturated rings. The Balaban J connectivity index is 1.36. The van der Waals surface area contributed by atoms with Crippen LogP contribution in [0.3, 0.4) is 0 Å². The lowest BCUT2D eigenvalue weighted by Crippen LogP contribution is -2.31. The Morgan fingerprint density at radius 3 is 2.57 bits per heavy atom. The zero-order valence-electron chi connectivity index (χ0n) is 15.8. The summed E-state index contributed by atoms with van der Waals surface area (Å²) < 4.78 is 14.4. The zero-order chi connectivity index (χ0) is 20.9. The molecule has 0 aliphatic carbocycles. The lowest BCUT2D eigenvalue weighted by molar-refractivity contribution is 0.0946. The van der Waals surface area contributed by atoms with Gasteiger partial charge in [0.05, 0.1) is 23.9 Å². The smallest absolute Gasteiger partial charge is 0.273 e. The minimum Gasteiger partial charge on any atom is -0.349 e. The zero-order valence-corrected chi connectivity index (χ0v) is 15.8. The number of hydrogen-bond donors (Lipinski definition) is 1. The standard InChI is InChI=1S/C21H17FN6O2/c22-16-8-6-15(7-9-16)18-12-20(29)27(14-24-18)11-10-23-21(30)19-13-25-28(26-19)17-4-2-1-3-5-17/h1-9,12-14H,10-11H2,(H,23,30). The van der Waals surface area contributed by atoms with Crippen LogP contribution in [-0.2, 0) is 6.54 Å². The number of nitrogens with one attached hydrogen (secondary N) is 1. The molecular weight excluding hydrogens is 387 g/mol. The van der Waals surface area contributed by atoms with E-state index in [9.17, 15) is 14.0 Å². The van der Waals surface area contributed by atoms with Crippen molar-refractivity contribution in [3.63, 3.8) is 0 Å². The number of carbonyl (C=O) groups is 1. The fourth-order valence-electron chi connectivity index (χ4n) is 2.81. The van der Waals surface area contributed by atoms with E-state index in [1.165, 1.54) is 40.1 Å². The van der Waals surface area contributed by atoms with Crippen LogP contribution in [0.2, 0.25) is 0 Å². The summed E-state index contributed by atoms with van der Waals surface area (Å²) in [6.07, 6.45) is 2.78. The topological polar surface area (TPSA) is 94.7 Å². The average molecular weight is 404 g/mol. The Hall–Kier alpha value is -4.14. The molecule has 1 N–H and O–H groups in total. The number of carbonyl (C=O) groups excluding carboxylic acids is 1. The number of para-hydroxylation sites is 1. The largest absolute Gasteiger partial charge is 0.349 e. The van der Waals surface area contributed by atoms with E-state index < -0.39 is 0 Å². The van der Waals surface area contributed by atoms with Crippen molar-refractivity contribution in [3.8, 4) is 16.9 Å². The molecule has 0 saturated carbocycles. The van der Waals surface area contributed by atoms with Crippen molar-refractivity contribution in [2.24, 2.45) is 0 Å². The first kappa shape index (κ1) is 19.2. The summed E-state index contributed by atoms with van der Waals surface area (Å²) in [7, 11) is 0. The molecule has 8 nitrogen and oxygen atoms in total. The lowest BCUT2D eigenvalue weighted by atomic mass is 10.1. The number of aromatic nitrogens is 5. The minimum absolute atomic E-state index is 0.177. The number of benzene rings is 2. The van der Waals surface area contributed by atoms with Crippen LogP contribution >= 0.6 is 0 Å². The molecular formula is C21H17FN6O2. The van der Waals surface area contributed by atoms with Gasteiger partial charge in [0.1, 0.15) is 5.82 Å². The van der Waals surface area contributed by atoms with E-state index in [0.717, 1.165) is 5.69 Å². The maximum Gasteiger partial charge on any atom is 0.273 e. The monoisotopic (exact) mass is 404 g/mol. The molecule has 2 aromatic heterocycles. The predicted molar refractivity (Wildman–Crippen MR) is 108 cm³/mol. The van der Waals surface area contributed by atoms with Crippen molar-refractivity contribution in [3.05, 3.63) is 95.1 Å². The van der Waals surface area contributed by atoms with Crippen molar-refractivity contribution in [1.29, 1.82) is 0 Å². The first-order valence-electron chi connectivity index (χ1n) is 9.18. The summed E-state index contributed by atoms with van der Waals surface area (Å²) >= 11 is 0. The van der Waals surface area contributed by atoms with Gasteiger partial charge >= 0.3 is 0 Å². The molecule has 0 unspecified atom stereocenters. The number of amides is 1. The van der Waals surface area contributed by atoms with Crippen molar-refractivity contribution < 1.29 is 9.18 Å². The molecule has 150 valence electrons. The second-order valence-electron chi connectivity index (χ2n) is 6.42. The fraction of sp³-hybridized carbons (Fsp3) is 0.0952. The van der Waals surface area contributed by atoms with E-state index in [1.807, 2.05) is 30.3 Å². The third-order valence-electron chi connectivity index (χ3n) is 4.37. The van der Waals surface area contributed by atoms with Crippen molar-refractivity contribution >= 4 is 5.91 Å². The van der Waals surface area contributed by atoms with E-state index in [4.69, 9.17) is 0 Å². The Labute approximate surface area is 170 Å². The molecule has 4 rings (SSSR count). The third-order valence-corrected chi connectivity index (χ3v) is 4.37. The van der Waals surface area contributed by atoms with Gasteiger partial charge in [0.15, 0.2) is 5.69 Å². The van der Waals surface area contributed by atoms with E-state index in [1.54, 1.807) is 12.1 Å².